The zero-order valence-corrected chi connectivity index (χ0v) is 27.4. The minimum Gasteiger partial charge on any atom is -0.265 e. The van der Waals surface area contributed by atoms with Gasteiger partial charge in [0, 0.05) is 24.8 Å². The van der Waals surface area contributed by atoms with E-state index in [0.717, 1.165) is 11.1 Å². The van der Waals surface area contributed by atoms with Crippen molar-refractivity contribution in [3.63, 3.8) is 0 Å². The molecule has 0 aliphatic carbocycles. The fourth-order valence-corrected chi connectivity index (χ4v) is 7.26. The highest BCUT2D eigenvalue weighted by atomic mass is 14.6. The summed E-state index contributed by atoms with van der Waals surface area (Å²) in [5, 5.41) is 4.91. The zero-order valence-electron chi connectivity index (χ0n) is 27.4. The summed E-state index contributed by atoms with van der Waals surface area (Å²) in [5.41, 5.74) is 14.3. The maximum atomic E-state index is 4.26. The largest absolute Gasteiger partial charge is 0.265 e. The van der Waals surface area contributed by atoms with Crippen molar-refractivity contribution in [2.24, 2.45) is 0 Å². The zero-order chi connectivity index (χ0) is 33.3. The van der Waals surface area contributed by atoms with Crippen molar-refractivity contribution in [3.8, 4) is 66.8 Å². The van der Waals surface area contributed by atoms with Crippen molar-refractivity contribution >= 4 is 21.5 Å². The highest BCUT2D eigenvalue weighted by Gasteiger charge is 2.18. The third-order valence-electron chi connectivity index (χ3n) is 9.68. The van der Waals surface area contributed by atoms with Crippen LogP contribution in [0.2, 0.25) is 0 Å². The predicted octanol–water partition coefficient (Wildman–Crippen LogP) is 12.8. The molecule has 2 heteroatoms. The Hall–Kier alpha value is -6.64. The molecular formula is C48H32N2. The first-order valence-corrected chi connectivity index (χ1v) is 17.0. The number of rotatable bonds is 6. The molecule has 9 aromatic rings. The lowest BCUT2D eigenvalue weighted by atomic mass is 9.84. The molecule has 0 radical (unpaired) electrons. The molecule has 0 amide bonds. The van der Waals surface area contributed by atoms with Crippen LogP contribution in [-0.4, -0.2) is 9.97 Å². The van der Waals surface area contributed by atoms with Gasteiger partial charge in [0.15, 0.2) is 0 Å². The molecule has 2 nitrogen and oxygen atoms in total. The molecular weight excluding hydrogens is 605 g/mol. The Labute approximate surface area is 292 Å². The van der Waals surface area contributed by atoms with Crippen LogP contribution in [0.5, 0.6) is 0 Å². The summed E-state index contributed by atoms with van der Waals surface area (Å²) in [5.74, 6) is 0. The Kier molecular flexibility index (Phi) is 7.53. The van der Waals surface area contributed by atoms with Gasteiger partial charge in [0.2, 0.25) is 0 Å². The minimum atomic E-state index is 1.15. The fraction of sp³-hybridized carbons (Fsp3) is 0. The lowest BCUT2D eigenvalue weighted by Gasteiger charge is -2.19. The van der Waals surface area contributed by atoms with E-state index in [0.29, 0.717) is 0 Å². The van der Waals surface area contributed by atoms with Crippen molar-refractivity contribution in [3.05, 3.63) is 195 Å². The highest BCUT2D eigenvalue weighted by Crippen LogP contribution is 2.46. The van der Waals surface area contributed by atoms with Crippen LogP contribution in [0.4, 0.5) is 0 Å². The van der Waals surface area contributed by atoms with E-state index in [4.69, 9.17) is 0 Å². The van der Waals surface area contributed by atoms with E-state index in [1.54, 1.807) is 0 Å². The topological polar surface area (TPSA) is 25.8 Å². The third kappa shape index (κ3) is 5.43. The van der Waals surface area contributed by atoms with Crippen LogP contribution in [0.3, 0.4) is 0 Å². The molecule has 2 aromatic heterocycles. The Morgan fingerprint density at radius 1 is 0.220 bits per heavy atom. The number of nitrogens with zero attached hydrogens (tertiary/aromatic N) is 2. The quantitative estimate of drug-likeness (QED) is 0.170. The number of hydrogen-bond donors (Lipinski definition) is 0. The fourth-order valence-electron chi connectivity index (χ4n) is 7.26. The number of aromatic nitrogens is 2. The normalized spacial score (nSPS) is 11.2. The summed E-state index contributed by atoms with van der Waals surface area (Å²) in [6.45, 7) is 0. The molecule has 2 heterocycles. The Morgan fingerprint density at radius 2 is 0.580 bits per heavy atom. The van der Waals surface area contributed by atoms with Crippen LogP contribution in [0.15, 0.2) is 195 Å². The molecule has 0 saturated carbocycles. The number of pyridine rings is 2. The van der Waals surface area contributed by atoms with Gasteiger partial charge in [0.1, 0.15) is 0 Å². The van der Waals surface area contributed by atoms with E-state index < -0.39 is 0 Å². The van der Waals surface area contributed by atoms with E-state index >= 15 is 0 Å². The van der Waals surface area contributed by atoms with Gasteiger partial charge in [0.05, 0.1) is 0 Å². The summed E-state index contributed by atoms with van der Waals surface area (Å²) in [6, 6.07) is 61.5. The molecule has 7 aromatic carbocycles. The first-order valence-electron chi connectivity index (χ1n) is 17.0. The average Bonchev–Trinajstić information content (AvgIpc) is 3.21. The molecule has 0 aliphatic rings. The van der Waals surface area contributed by atoms with Crippen molar-refractivity contribution < 1.29 is 0 Å². The first kappa shape index (κ1) is 29.5. The standard InChI is InChI=1S/C48H32N2/c1-2-8-33(9-3-1)34-16-18-35(19-17-34)40-20-21-45-46(32-40)48(42-13-7-11-39(31-42)37-24-28-50-29-25-37)44-15-5-4-14-43(44)47(45)41-12-6-10-38(30-41)36-22-26-49-27-23-36/h1-32H. The Balaban J connectivity index is 1.30. The van der Waals surface area contributed by atoms with Gasteiger partial charge in [-0.25, -0.2) is 0 Å². The molecule has 50 heavy (non-hydrogen) atoms. The second kappa shape index (κ2) is 12.8. The van der Waals surface area contributed by atoms with Crippen molar-refractivity contribution in [2.45, 2.75) is 0 Å². The first-order chi connectivity index (χ1) is 24.8. The third-order valence-corrected chi connectivity index (χ3v) is 9.68. The van der Waals surface area contributed by atoms with Crippen molar-refractivity contribution in [1.82, 2.24) is 9.97 Å². The monoisotopic (exact) mass is 636 g/mol. The van der Waals surface area contributed by atoms with Crippen molar-refractivity contribution in [2.75, 3.05) is 0 Å². The van der Waals surface area contributed by atoms with Gasteiger partial charge in [-0.3, -0.25) is 9.97 Å². The number of fused-ring (bicyclic) bond motifs is 2. The Morgan fingerprint density at radius 3 is 1.14 bits per heavy atom. The number of benzene rings is 7. The molecule has 9 rings (SSSR count). The molecule has 0 aliphatic heterocycles. The smallest absolute Gasteiger partial charge is 0.0273 e. The van der Waals surface area contributed by atoms with Gasteiger partial charge in [-0.15, -0.1) is 0 Å². The van der Waals surface area contributed by atoms with Gasteiger partial charge in [-0.05, 0) is 131 Å². The molecule has 0 N–H and O–H groups in total. The molecule has 234 valence electrons. The second-order valence-corrected chi connectivity index (χ2v) is 12.6. The summed E-state index contributed by atoms with van der Waals surface area (Å²) in [6.07, 6.45) is 7.43. The highest BCUT2D eigenvalue weighted by molar-refractivity contribution is 6.22. The van der Waals surface area contributed by atoms with E-state index in [2.05, 4.69) is 180 Å². The van der Waals surface area contributed by atoms with E-state index in [9.17, 15) is 0 Å². The van der Waals surface area contributed by atoms with Crippen LogP contribution in [0, 0.1) is 0 Å². The molecule has 0 bridgehead atoms. The second-order valence-electron chi connectivity index (χ2n) is 12.6. The van der Waals surface area contributed by atoms with Crippen LogP contribution < -0.4 is 0 Å². The molecule has 0 atom stereocenters. The summed E-state index contributed by atoms with van der Waals surface area (Å²) in [7, 11) is 0. The molecule has 0 spiro atoms. The molecule has 0 saturated heterocycles. The van der Waals surface area contributed by atoms with Crippen LogP contribution in [0.25, 0.3) is 88.3 Å². The molecule has 0 unspecified atom stereocenters. The Bertz CT molecular complexity index is 2610. The van der Waals surface area contributed by atoms with Gasteiger partial charge in [-0.1, -0.05) is 127 Å². The van der Waals surface area contributed by atoms with Crippen LogP contribution in [0.1, 0.15) is 0 Å². The lowest BCUT2D eigenvalue weighted by Crippen LogP contribution is -1.92. The van der Waals surface area contributed by atoms with Gasteiger partial charge >= 0.3 is 0 Å². The van der Waals surface area contributed by atoms with Gasteiger partial charge in [-0.2, -0.15) is 0 Å². The SMILES string of the molecule is c1ccc(-c2ccc(-c3ccc4c(-c5cccc(-c6ccncc6)c5)c5ccccc5c(-c5cccc(-c6ccncc6)c5)c4c3)cc2)cc1. The van der Waals surface area contributed by atoms with Gasteiger partial charge < -0.3 is 0 Å². The maximum Gasteiger partial charge on any atom is 0.0273 e. The lowest BCUT2D eigenvalue weighted by molar-refractivity contribution is 1.33. The van der Waals surface area contributed by atoms with E-state index in [-0.39, 0.29) is 0 Å². The summed E-state index contributed by atoms with van der Waals surface area (Å²) >= 11 is 0. The van der Waals surface area contributed by atoms with Crippen LogP contribution in [-0.2, 0) is 0 Å². The minimum absolute atomic E-state index is 1.15. The summed E-state index contributed by atoms with van der Waals surface area (Å²) < 4.78 is 0. The van der Waals surface area contributed by atoms with E-state index in [1.165, 1.54) is 77.2 Å². The predicted molar refractivity (Wildman–Crippen MR) is 210 cm³/mol. The number of hydrogen-bond acceptors (Lipinski definition) is 2. The van der Waals surface area contributed by atoms with Crippen molar-refractivity contribution in [1.29, 1.82) is 0 Å². The van der Waals surface area contributed by atoms with Crippen LogP contribution >= 0.6 is 0 Å². The van der Waals surface area contributed by atoms with E-state index in [1.807, 2.05) is 24.8 Å². The van der Waals surface area contributed by atoms with Gasteiger partial charge in [0.25, 0.3) is 0 Å². The maximum absolute atomic E-state index is 4.26. The average molecular weight is 637 g/mol. The molecule has 0 fully saturated rings. The summed E-state index contributed by atoms with van der Waals surface area (Å²) in [4.78, 5) is 8.50.